The molecular weight excluding hydrogens is 544 g/mol. The number of rotatable bonds is 14. The van der Waals surface area contributed by atoms with E-state index in [0.29, 0.717) is 0 Å². The average Bonchev–Trinajstić information content (AvgIpc) is 3.02. The van der Waals surface area contributed by atoms with Crippen LogP contribution in [0.3, 0.4) is 0 Å². The first-order valence-electron chi connectivity index (χ1n) is 14.6. The number of carboxylic acid groups (broad SMARTS) is 1. The van der Waals surface area contributed by atoms with E-state index in [9.17, 15) is 19.8 Å². The molecule has 0 aliphatic carbocycles. The summed E-state index contributed by atoms with van der Waals surface area (Å²) in [5.41, 5.74) is 2.59. The number of esters is 1. The lowest BCUT2D eigenvalue weighted by atomic mass is 9.98. The first-order valence-corrected chi connectivity index (χ1v) is 13.5. The second-order valence-electron chi connectivity index (χ2n) is 9.77. The highest BCUT2D eigenvalue weighted by atomic mass is 16.7. The second kappa shape index (κ2) is 15.5. The predicted octanol–water partition coefficient (Wildman–Crippen LogP) is 3.49. The lowest BCUT2D eigenvalue weighted by Gasteiger charge is -2.45. The number of methoxy groups -OCH3 is 1. The van der Waals surface area contributed by atoms with Gasteiger partial charge in [-0.1, -0.05) is 91.0 Å². The van der Waals surface area contributed by atoms with Gasteiger partial charge in [0.25, 0.3) is 0 Å². The number of carbonyl (C=O) groups excluding carboxylic acids is 1. The van der Waals surface area contributed by atoms with E-state index >= 15 is 0 Å². The molecule has 0 aromatic heterocycles. The molecule has 0 spiro atoms. The first-order chi connectivity index (χ1) is 21.2. The van der Waals surface area contributed by atoms with Crippen molar-refractivity contribution in [2.24, 2.45) is 0 Å². The average molecular weight is 583 g/mol. The van der Waals surface area contributed by atoms with E-state index in [1.54, 1.807) is 6.92 Å². The molecule has 2 N–H and O–H groups in total. The molecule has 1 aliphatic rings. The van der Waals surface area contributed by atoms with Crippen molar-refractivity contribution >= 4 is 11.9 Å². The maximum Gasteiger partial charge on any atom is 0.338 e. The van der Waals surface area contributed by atoms with Crippen molar-refractivity contribution in [2.45, 2.75) is 69.7 Å². The van der Waals surface area contributed by atoms with Crippen molar-refractivity contribution in [3.8, 4) is 0 Å². The van der Waals surface area contributed by atoms with Gasteiger partial charge in [0.1, 0.15) is 18.3 Å². The van der Waals surface area contributed by atoms with Gasteiger partial charge in [-0.2, -0.15) is 0 Å². The van der Waals surface area contributed by atoms with Crippen LogP contribution in [0.15, 0.2) is 91.0 Å². The molecule has 10 heteroatoms. The summed E-state index contributed by atoms with van der Waals surface area (Å²) < 4.78 is 50.0. The number of carboxylic acids is 1. The van der Waals surface area contributed by atoms with Crippen LogP contribution in [0, 0.1) is 0 Å². The van der Waals surface area contributed by atoms with E-state index < -0.39 is 61.9 Å². The van der Waals surface area contributed by atoms with Crippen molar-refractivity contribution in [3.63, 3.8) is 0 Å². The molecule has 0 bridgehead atoms. The summed E-state index contributed by atoms with van der Waals surface area (Å²) >= 11 is 0. The molecule has 1 fully saturated rings. The number of aliphatic hydroxyl groups excluding tert-OH is 1. The van der Waals surface area contributed by atoms with Crippen LogP contribution in [0.4, 0.5) is 0 Å². The van der Waals surface area contributed by atoms with Crippen molar-refractivity contribution in [1.82, 2.24) is 0 Å². The number of aliphatic carboxylic acids is 1. The topological polar surface area (TPSA) is 130 Å². The van der Waals surface area contributed by atoms with Crippen LogP contribution in [0.1, 0.15) is 26.4 Å². The zero-order valence-electron chi connectivity index (χ0n) is 25.1. The largest absolute Gasteiger partial charge is 0.479 e. The first kappa shape index (κ1) is 28.5. The van der Waals surface area contributed by atoms with Gasteiger partial charge < -0.3 is 38.6 Å². The molecule has 0 radical (unpaired) electrons. The Hall–Kier alpha value is -3.64. The molecule has 1 aliphatic heterocycles. The smallest absolute Gasteiger partial charge is 0.338 e. The van der Waals surface area contributed by atoms with E-state index in [1.807, 2.05) is 91.0 Å². The minimum absolute atomic E-state index is 0.0673. The van der Waals surface area contributed by atoms with Gasteiger partial charge in [-0.05, 0) is 23.6 Å². The molecule has 3 aromatic carbocycles. The quantitative estimate of drug-likeness (QED) is 0.273. The van der Waals surface area contributed by atoms with Crippen molar-refractivity contribution in [1.29, 1.82) is 0 Å². The summed E-state index contributed by atoms with van der Waals surface area (Å²) in [6.45, 7) is 2.16. The molecule has 0 unspecified atom stereocenters. The van der Waals surface area contributed by atoms with Gasteiger partial charge in [0.2, 0.25) is 0 Å². The number of carbonyl (C=O) groups is 2. The molecule has 0 saturated carbocycles. The van der Waals surface area contributed by atoms with E-state index in [0.717, 1.165) is 16.7 Å². The molecule has 10 nitrogen and oxygen atoms in total. The fourth-order valence-electron chi connectivity index (χ4n) is 4.58. The van der Waals surface area contributed by atoms with Crippen LogP contribution in [0.25, 0.3) is 0 Å². The standard InChI is InChI=1S/C32H36O10/c1-21-26(38-18-22-12-6-3-7-13-22)28(39-19-23-14-8-4-9-15-23)29(40-20-24-16-10-5-11-17-24)32(41-21)42-27(31(36)37-2)25(33)30(34)35/h3-17,21,25-29,32-33H,18-20H2,1-2H3,(H,34,35)/t21-,25-,26+,27-,28+,29-,32+/m0/s1/i2D2. The third-order valence-electron chi connectivity index (χ3n) is 6.75. The molecule has 224 valence electrons. The number of aliphatic hydroxyl groups is 1. The Labute approximate surface area is 247 Å². The summed E-state index contributed by atoms with van der Waals surface area (Å²) in [4.78, 5) is 24.4. The molecular formula is C32H36O10. The van der Waals surface area contributed by atoms with Crippen molar-refractivity contribution in [3.05, 3.63) is 108 Å². The number of ether oxygens (including phenoxy) is 6. The maximum absolute atomic E-state index is 12.7. The summed E-state index contributed by atoms with van der Waals surface area (Å²) in [7, 11) is -2.08. The number of hydrogen-bond donors (Lipinski definition) is 2. The van der Waals surface area contributed by atoms with Gasteiger partial charge in [-0.15, -0.1) is 0 Å². The Morgan fingerprint density at radius 1 is 0.786 bits per heavy atom. The molecule has 7 atom stereocenters. The Bertz CT molecular complexity index is 1300. The molecule has 4 rings (SSSR count). The van der Waals surface area contributed by atoms with Crippen molar-refractivity contribution < 1.29 is 51.0 Å². The lowest BCUT2D eigenvalue weighted by Crippen LogP contribution is -2.61. The van der Waals surface area contributed by atoms with Crippen LogP contribution < -0.4 is 0 Å². The lowest BCUT2D eigenvalue weighted by molar-refractivity contribution is -0.331. The van der Waals surface area contributed by atoms with Crippen LogP contribution in [0.2, 0.25) is 0 Å². The zero-order chi connectivity index (χ0) is 31.5. The van der Waals surface area contributed by atoms with E-state index in [-0.39, 0.29) is 19.8 Å². The van der Waals surface area contributed by atoms with Gasteiger partial charge >= 0.3 is 11.9 Å². The highest BCUT2D eigenvalue weighted by Crippen LogP contribution is 2.32. The predicted molar refractivity (Wildman–Crippen MR) is 150 cm³/mol. The fourth-order valence-corrected chi connectivity index (χ4v) is 4.58. The molecule has 1 heterocycles. The van der Waals surface area contributed by atoms with Crippen LogP contribution in [-0.2, 0) is 57.8 Å². The molecule has 0 amide bonds. The highest BCUT2D eigenvalue weighted by Gasteiger charge is 2.50. The summed E-state index contributed by atoms with van der Waals surface area (Å²) in [5, 5.41) is 19.8. The number of benzene rings is 3. The van der Waals surface area contributed by atoms with Gasteiger partial charge in [0, 0.05) is 0 Å². The Kier molecular flexibility index (Phi) is 10.5. The van der Waals surface area contributed by atoms with Gasteiger partial charge in [-0.3, -0.25) is 0 Å². The zero-order valence-corrected chi connectivity index (χ0v) is 23.1. The SMILES string of the molecule is [2H]C([2H])OC(=O)[C@@H](O[C@H]1O[C@@H](C)[C@@H](OCc2ccccc2)[C@@H](OCc2ccccc2)[C@@H]1OCc1ccccc1)[C@H](O)C(=O)O. The highest BCUT2D eigenvalue weighted by molar-refractivity contribution is 5.84. The summed E-state index contributed by atoms with van der Waals surface area (Å²) in [6, 6.07) is 28.2. The number of hydrogen-bond acceptors (Lipinski definition) is 9. The fraction of sp³-hybridized carbons (Fsp3) is 0.375. The van der Waals surface area contributed by atoms with Gasteiger partial charge in [-0.25, -0.2) is 9.59 Å². The van der Waals surface area contributed by atoms with Gasteiger partial charge in [0.05, 0.1) is 35.7 Å². The molecule has 42 heavy (non-hydrogen) atoms. The molecule has 3 aromatic rings. The monoisotopic (exact) mass is 582 g/mol. The Morgan fingerprint density at radius 3 is 1.69 bits per heavy atom. The summed E-state index contributed by atoms with van der Waals surface area (Å²) in [5.74, 6) is -3.19. The van der Waals surface area contributed by atoms with Gasteiger partial charge in [0.15, 0.2) is 18.5 Å². The third kappa shape index (κ3) is 8.45. The van der Waals surface area contributed by atoms with E-state index in [1.165, 1.54) is 0 Å². The third-order valence-corrected chi connectivity index (χ3v) is 6.75. The minimum Gasteiger partial charge on any atom is -0.479 e. The molecule has 1 saturated heterocycles. The van der Waals surface area contributed by atoms with Crippen LogP contribution in [-0.4, -0.2) is 72.1 Å². The maximum atomic E-state index is 12.7. The minimum atomic E-state index is -2.38. The van der Waals surface area contributed by atoms with E-state index in [4.69, 9.17) is 26.4 Å². The normalized spacial score (nSPS) is 24.3. The van der Waals surface area contributed by atoms with Crippen molar-refractivity contribution in [2.75, 3.05) is 7.06 Å². The second-order valence-corrected chi connectivity index (χ2v) is 9.77. The van der Waals surface area contributed by atoms with E-state index in [2.05, 4.69) is 4.74 Å². The summed E-state index contributed by atoms with van der Waals surface area (Å²) in [6.07, 6.45) is -9.37. The van der Waals surface area contributed by atoms with Crippen LogP contribution in [0.5, 0.6) is 0 Å². The Morgan fingerprint density at radius 2 is 1.24 bits per heavy atom. The van der Waals surface area contributed by atoms with Crippen LogP contribution >= 0.6 is 0 Å². The Balaban J connectivity index is 1.67.